The molecule has 4 aromatic rings. The summed E-state index contributed by atoms with van der Waals surface area (Å²) in [6, 6.07) is 12.9. The minimum absolute atomic E-state index is 1.05. The summed E-state index contributed by atoms with van der Waals surface area (Å²) in [7, 11) is 0. The molecule has 108 valence electrons. The smallest absolute Gasteiger partial charge is 0.0892 e. The van der Waals surface area contributed by atoms with E-state index in [1.54, 1.807) is 11.3 Å². The van der Waals surface area contributed by atoms with E-state index < -0.39 is 0 Å². The molecular formula is C19H16N2S. The zero-order chi connectivity index (χ0) is 15.3. The van der Waals surface area contributed by atoms with Crippen molar-refractivity contribution in [2.75, 3.05) is 0 Å². The lowest BCUT2D eigenvalue weighted by atomic mass is 10.0. The van der Waals surface area contributed by atoms with Crippen molar-refractivity contribution >= 4 is 31.6 Å². The quantitative estimate of drug-likeness (QED) is 0.468. The predicted octanol–water partition coefficient (Wildman–Crippen LogP) is 5.44. The summed E-state index contributed by atoms with van der Waals surface area (Å²) in [6.07, 6.45) is 1.89. The first-order chi connectivity index (χ1) is 10.6. The van der Waals surface area contributed by atoms with E-state index in [9.17, 15) is 0 Å². The van der Waals surface area contributed by atoms with Gasteiger partial charge in [-0.3, -0.25) is 9.97 Å². The van der Waals surface area contributed by atoms with Crippen LogP contribution in [0.5, 0.6) is 0 Å². The Morgan fingerprint density at radius 2 is 1.68 bits per heavy atom. The van der Waals surface area contributed by atoms with Gasteiger partial charge in [0.2, 0.25) is 0 Å². The lowest BCUT2D eigenvalue weighted by molar-refractivity contribution is 1.26. The fourth-order valence-electron chi connectivity index (χ4n) is 2.98. The average Bonchev–Trinajstić information content (AvgIpc) is 2.84. The molecule has 0 fully saturated rings. The number of thiophene rings is 1. The van der Waals surface area contributed by atoms with Gasteiger partial charge >= 0.3 is 0 Å². The van der Waals surface area contributed by atoms with Crippen molar-refractivity contribution < 1.29 is 0 Å². The number of hydrogen-bond donors (Lipinski definition) is 0. The van der Waals surface area contributed by atoms with Crippen LogP contribution in [0.25, 0.3) is 31.6 Å². The van der Waals surface area contributed by atoms with Gasteiger partial charge in [0.15, 0.2) is 0 Å². The fraction of sp³-hybridized carbons (Fsp3) is 0.158. The van der Waals surface area contributed by atoms with Crippen LogP contribution in [-0.2, 0) is 0 Å². The molecule has 0 aliphatic carbocycles. The second-order valence-corrected chi connectivity index (χ2v) is 6.87. The summed E-state index contributed by atoms with van der Waals surface area (Å²) in [5.74, 6) is 0. The lowest BCUT2D eigenvalue weighted by Crippen LogP contribution is -1.86. The SMILES string of the molecule is Cc1cc(C)cc(-c2nccc3c2sc2ccc(C)nc23)c1. The second-order valence-electron chi connectivity index (χ2n) is 5.81. The topological polar surface area (TPSA) is 25.8 Å². The molecule has 0 bridgehead atoms. The lowest BCUT2D eigenvalue weighted by Gasteiger charge is -2.05. The van der Waals surface area contributed by atoms with Crippen molar-refractivity contribution in [2.24, 2.45) is 0 Å². The number of fused-ring (bicyclic) bond motifs is 3. The first-order valence-electron chi connectivity index (χ1n) is 7.35. The third-order valence-corrected chi connectivity index (χ3v) is 5.03. The molecule has 0 radical (unpaired) electrons. The molecule has 0 saturated heterocycles. The van der Waals surface area contributed by atoms with Crippen molar-refractivity contribution in [2.45, 2.75) is 20.8 Å². The predicted molar refractivity (Wildman–Crippen MR) is 94.6 cm³/mol. The Balaban J connectivity index is 2.08. The molecule has 4 rings (SSSR count). The molecule has 0 saturated carbocycles. The summed E-state index contributed by atoms with van der Waals surface area (Å²) in [4.78, 5) is 9.38. The molecule has 2 nitrogen and oxygen atoms in total. The summed E-state index contributed by atoms with van der Waals surface area (Å²) in [5.41, 5.74) is 6.93. The molecule has 0 amide bonds. The Morgan fingerprint density at radius 3 is 2.45 bits per heavy atom. The first kappa shape index (κ1) is 13.4. The van der Waals surface area contributed by atoms with Crippen LogP contribution in [0, 0.1) is 20.8 Å². The van der Waals surface area contributed by atoms with Crippen molar-refractivity contribution in [3.63, 3.8) is 0 Å². The summed E-state index contributed by atoms with van der Waals surface area (Å²) < 4.78 is 2.44. The van der Waals surface area contributed by atoms with Gasteiger partial charge in [0.25, 0.3) is 0 Å². The van der Waals surface area contributed by atoms with E-state index in [-0.39, 0.29) is 0 Å². The zero-order valence-electron chi connectivity index (χ0n) is 12.8. The van der Waals surface area contributed by atoms with Gasteiger partial charge in [0.05, 0.1) is 20.6 Å². The highest BCUT2D eigenvalue weighted by atomic mass is 32.1. The van der Waals surface area contributed by atoms with Crippen molar-refractivity contribution in [3.8, 4) is 11.3 Å². The van der Waals surface area contributed by atoms with E-state index in [4.69, 9.17) is 4.98 Å². The normalized spacial score (nSPS) is 11.4. The summed E-state index contributed by atoms with van der Waals surface area (Å²) in [5, 5.41) is 1.20. The number of benzene rings is 1. The van der Waals surface area contributed by atoms with Gasteiger partial charge in [-0.05, 0) is 51.1 Å². The number of rotatable bonds is 1. The Hall–Kier alpha value is -2.26. The first-order valence-corrected chi connectivity index (χ1v) is 8.17. The molecule has 3 heterocycles. The molecule has 3 heteroatoms. The average molecular weight is 304 g/mol. The Labute approximate surface area is 133 Å². The summed E-state index contributed by atoms with van der Waals surface area (Å²) in [6.45, 7) is 6.30. The van der Waals surface area contributed by atoms with Gasteiger partial charge in [-0.25, -0.2) is 0 Å². The van der Waals surface area contributed by atoms with Crippen LogP contribution in [0.4, 0.5) is 0 Å². The van der Waals surface area contributed by atoms with E-state index in [0.29, 0.717) is 0 Å². The van der Waals surface area contributed by atoms with Gasteiger partial charge in [0, 0.05) is 22.8 Å². The largest absolute Gasteiger partial charge is 0.255 e. The Bertz CT molecular complexity index is 994. The van der Waals surface area contributed by atoms with Crippen LogP contribution in [0.1, 0.15) is 16.8 Å². The third-order valence-electron chi connectivity index (χ3n) is 3.86. The van der Waals surface area contributed by atoms with Crippen LogP contribution in [0.2, 0.25) is 0 Å². The molecule has 22 heavy (non-hydrogen) atoms. The van der Waals surface area contributed by atoms with Gasteiger partial charge in [-0.15, -0.1) is 11.3 Å². The van der Waals surface area contributed by atoms with Crippen LogP contribution in [0.3, 0.4) is 0 Å². The highest BCUT2D eigenvalue weighted by molar-refractivity contribution is 7.26. The van der Waals surface area contributed by atoms with E-state index in [0.717, 1.165) is 16.9 Å². The molecule has 3 aromatic heterocycles. The Kier molecular flexibility index (Phi) is 2.98. The Morgan fingerprint density at radius 1 is 0.909 bits per heavy atom. The molecule has 0 spiro atoms. The van der Waals surface area contributed by atoms with Crippen LogP contribution < -0.4 is 0 Å². The monoisotopic (exact) mass is 304 g/mol. The van der Waals surface area contributed by atoms with E-state index in [1.165, 1.54) is 31.5 Å². The number of aromatic nitrogens is 2. The van der Waals surface area contributed by atoms with E-state index in [2.05, 4.69) is 55.2 Å². The standard InChI is InChI=1S/C19H16N2S/c1-11-8-12(2)10-14(9-11)17-19-15(6-7-20-17)18-16(22-19)5-4-13(3)21-18/h4-10H,1-3H3. The van der Waals surface area contributed by atoms with Crippen molar-refractivity contribution in [1.82, 2.24) is 9.97 Å². The summed E-state index contributed by atoms with van der Waals surface area (Å²) >= 11 is 1.78. The van der Waals surface area contributed by atoms with Crippen LogP contribution in [0.15, 0.2) is 42.6 Å². The fourth-order valence-corrected chi connectivity index (χ4v) is 4.13. The molecule has 0 unspecified atom stereocenters. The maximum absolute atomic E-state index is 4.72. The second kappa shape index (κ2) is 4.89. The van der Waals surface area contributed by atoms with Crippen LogP contribution in [-0.4, -0.2) is 9.97 Å². The van der Waals surface area contributed by atoms with Crippen molar-refractivity contribution in [3.05, 3.63) is 59.4 Å². The highest BCUT2D eigenvalue weighted by Crippen LogP contribution is 2.38. The zero-order valence-corrected chi connectivity index (χ0v) is 13.7. The van der Waals surface area contributed by atoms with E-state index in [1.807, 2.05) is 13.1 Å². The number of hydrogen-bond acceptors (Lipinski definition) is 3. The minimum Gasteiger partial charge on any atom is -0.255 e. The van der Waals surface area contributed by atoms with Gasteiger partial charge in [0.1, 0.15) is 0 Å². The minimum atomic E-state index is 1.05. The molecular weight excluding hydrogens is 288 g/mol. The van der Waals surface area contributed by atoms with E-state index >= 15 is 0 Å². The number of pyridine rings is 2. The highest BCUT2D eigenvalue weighted by Gasteiger charge is 2.13. The number of nitrogens with zero attached hydrogens (tertiary/aromatic N) is 2. The van der Waals surface area contributed by atoms with Gasteiger partial charge < -0.3 is 0 Å². The molecule has 0 aliphatic heterocycles. The molecule has 1 aromatic carbocycles. The maximum atomic E-state index is 4.72. The maximum Gasteiger partial charge on any atom is 0.0892 e. The third kappa shape index (κ3) is 2.09. The molecule has 0 atom stereocenters. The molecule has 0 aliphatic rings. The van der Waals surface area contributed by atoms with Gasteiger partial charge in [-0.1, -0.05) is 17.2 Å². The van der Waals surface area contributed by atoms with Crippen molar-refractivity contribution in [1.29, 1.82) is 0 Å². The van der Waals surface area contributed by atoms with Gasteiger partial charge in [-0.2, -0.15) is 0 Å². The number of aryl methyl sites for hydroxylation is 3. The molecule has 0 N–H and O–H groups in total. The van der Waals surface area contributed by atoms with Crippen LogP contribution >= 0.6 is 11.3 Å².